The third-order valence-electron chi connectivity index (χ3n) is 2.88. The summed E-state index contributed by atoms with van der Waals surface area (Å²) in [7, 11) is 0. The van der Waals surface area contributed by atoms with Crippen LogP contribution in [0.25, 0.3) is 10.9 Å². The molecular formula is C14H12N4O. The number of hydrogen-bond acceptors (Lipinski definition) is 3. The molecule has 0 unspecified atom stereocenters. The van der Waals surface area contributed by atoms with Crippen LogP contribution in [0.5, 0.6) is 0 Å². The van der Waals surface area contributed by atoms with Gasteiger partial charge in [-0.25, -0.2) is 5.10 Å². The molecule has 3 rings (SSSR count). The quantitative estimate of drug-likeness (QED) is 0.687. The number of rotatable bonds is 2. The Balaban J connectivity index is 2.03. The zero-order chi connectivity index (χ0) is 13.2. The number of H-pyrrole nitrogens is 2. The number of hydrogen-bond donors (Lipinski definition) is 2. The first-order valence-corrected chi connectivity index (χ1v) is 5.90. The monoisotopic (exact) mass is 252 g/mol. The molecule has 94 valence electrons. The molecule has 0 saturated carbocycles. The minimum Gasteiger partial charge on any atom is -0.361 e. The van der Waals surface area contributed by atoms with Gasteiger partial charge in [0.15, 0.2) is 0 Å². The zero-order valence-corrected chi connectivity index (χ0v) is 10.3. The first kappa shape index (κ1) is 11.4. The molecule has 2 aromatic heterocycles. The molecule has 0 aliphatic heterocycles. The fourth-order valence-corrected chi connectivity index (χ4v) is 1.93. The molecule has 0 aliphatic rings. The summed E-state index contributed by atoms with van der Waals surface area (Å²) in [5, 5.41) is 7.30. The lowest BCUT2D eigenvalue weighted by molar-refractivity contribution is 0.945. The maximum Gasteiger partial charge on any atom is 0.290 e. The van der Waals surface area contributed by atoms with Crippen molar-refractivity contribution in [2.75, 3.05) is 0 Å². The molecule has 0 spiro atoms. The van der Waals surface area contributed by atoms with Crippen LogP contribution in [0, 0.1) is 6.92 Å². The van der Waals surface area contributed by atoms with Crippen molar-refractivity contribution in [3.05, 3.63) is 58.1 Å². The fourth-order valence-electron chi connectivity index (χ4n) is 1.93. The van der Waals surface area contributed by atoms with Crippen molar-refractivity contribution in [3.63, 3.8) is 0 Å². The van der Waals surface area contributed by atoms with Gasteiger partial charge in [-0.1, -0.05) is 18.2 Å². The third kappa shape index (κ3) is 2.18. The lowest BCUT2D eigenvalue weighted by Crippen LogP contribution is -2.07. The fraction of sp³-hybridized carbons (Fsp3) is 0.0714. The zero-order valence-electron chi connectivity index (χ0n) is 10.3. The van der Waals surface area contributed by atoms with Crippen LogP contribution in [0.3, 0.4) is 0 Å². The van der Waals surface area contributed by atoms with Crippen LogP contribution in [0.15, 0.2) is 46.3 Å². The van der Waals surface area contributed by atoms with Gasteiger partial charge in [0.05, 0.1) is 5.69 Å². The smallest absolute Gasteiger partial charge is 0.290 e. The number of para-hydroxylation sites is 1. The van der Waals surface area contributed by atoms with E-state index >= 15 is 0 Å². The second-order valence-corrected chi connectivity index (χ2v) is 4.27. The van der Waals surface area contributed by atoms with Crippen LogP contribution in [0.1, 0.15) is 11.3 Å². The largest absolute Gasteiger partial charge is 0.361 e. The molecule has 0 radical (unpaired) electrons. The van der Waals surface area contributed by atoms with Crippen molar-refractivity contribution in [2.24, 2.45) is 4.99 Å². The summed E-state index contributed by atoms with van der Waals surface area (Å²) in [5.41, 5.74) is 2.79. The van der Waals surface area contributed by atoms with E-state index < -0.39 is 0 Å². The Hall–Kier alpha value is -2.69. The minimum atomic E-state index is -0.290. The normalized spacial score (nSPS) is 11.4. The predicted octanol–water partition coefficient (Wildman–Crippen LogP) is 2.31. The molecule has 5 heteroatoms. The predicted molar refractivity (Wildman–Crippen MR) is 75.1 cm³/mol. The van der Waals surface area contributed by atoms with E-state index in [4.69, 9.17) is 0 Å². The van der Waals surface area contributed by atoms with Crippen LogP contribution in [-0.4, -0.2) is 21.4 Å². The Labute approximate surface area is 109 Å². The third-order valence-corrected chi connectivity index (χ3v) is 2.88. The Kier molecular flexibility index (Phi) is 2.72. The van der Waals surface area contributed by atoms with E-state index in [0.717, 1.165) is 22.2 Å². The minimum absolute atomic E-state index is 0.290. The number of aromatic nitrogens is 3. The molecule has 2 N–H and O–H groups in total. The SMILES string of the molecule is Cc1cc(N=Cc2c[nH]c3ccccc23)c(=O)[nH]n1. The average molecular weight is 252 g/mol. The summed E-state index contributed by atoms with van der Waals surface area (Å²) in [6, 6.07) is 9.60. The lowest BCUT2D eigenvalue weighted by Gasteiger charge is -1.94. The molecule has 3 aromatic rings. The maximum absolute atomic E-state index is 11.6. The number of benzene rings is 1. The van der Waals surface area contributed by atoms with Gasteiger partial charge in [0, 0.05) is 28.9 Å². The van der Waals surface area contributed by atoms with E-state index in [1.165, 1.54) is 0 Å². The number of fused-ring (bicyclic) bond motifs is 1. The highest BCUT2D eigenvalue weighted by Gasteiger charge is 2.01. The number of aliphatic imine (C=N–C) groups is 1. The lowest BCUT2D eigenvalue weighted by atomic mass is 10.2. The molecule has 0 atom stereocenters. The summed E-state index contributed by atoms with van der Waals surface area (Å²) >= 11 is 0. The Morgan fingerprint density at radius 1 is 1.32 bits per heavy atom. The van der Waals surface area contributed by atoms with E-state index in [0.29, 0.717) is 5.69 Å². The van der Waals surface area contributed by atoms with Crippen LogP contribution >= 0.6 is 0 Å². The Bertz CT molecular complexity index is 813. The van der Waals surface area contributed by atoms with Crippen LogP contribution in [0.2, 0.25) is 0 Å². The van der Waals surface area contributed by atoms with Crippen LogP contribution in [-0.2, 0) is 0 Å². The van der Waals surface area contributed by atoms with E-state index in [9.17, 15) is 4.79 Å². The summed E-state index contributed by atoms with van der Waals surface area (Å²) in [4.78, 5) is 18.9. The number of aromatic amines is 2. The first-order chi connectivity index (χ1) is 9.24. The van der Waals surface area contributed by atoms with Gasteiger partial charge >= 0.3 is 0 Å². The van der Waals surface area contributed by atoms with Gasteiger partial charge < -0.3 is 4.98 Å². The molecule has 0 bridgehead atoms. The molecule has 5 nitrogen and oxygen atoms in total. The van der Waals surface area contributed by atoms with Crippen molar-refractivity contribution in [1.82, 2.24) is 15.2 Å². The van der Waals surface area contributed by atoms with Gasteiger partial charge in [-0.15, -0.1) is 0 Å². The van der Waals surface area contributed by atoms with Gasteiger partial charge in [0.2, 0.25) is 0 Å². The van der Waals surface area contributed by atoms with E-state index in [1.54, 1.807) is 19.2 Å². The van der Waals surface area contributed by atoms with Gasteiger partial charge in [0.1, 0.15) is 5.69 Å². The van der Waals surface area contributed by atoms with Gasteiger partial charge in [-0.2, -0.15) is 5.10 Å². The van der Waals surface area contributed by atoms with Gasteiger partial charge in [-0.05, 0) is 19.1 Å². The summed E-state index contributed by atoms with van der Waals surface area (Å²) in [6.45, 7) is 1.81. The number of nitrogens with zero attached hydrogens (tertiary/aromatic N) is 2. The highest BCUT2D eigenvalue weighted by molar-refractivity contribution is 5.99. The molecule has 0 saturated heterocycles. The van der Waals surface area contributed by atoms with E-state index in [-0.39, 0.29) is 5.56 Å². The number of nitrogens with one attached hydrogen (secondary N) is 2. The Morgan fingerprint density at radius 3 is 3.05 bits per heavy atom. The van der Waals surface area contributed by atoms with Crippen molar-refractivity contribution in [1.29, 1.82) is 0 Å². The van der Waals surface area contributed by atoms with Gasteiger partial charge in [0.25, 0.3) is 5.56 Å². The average Bonchev–Trinajstić information content (AvgIpc) is 2.83. The molecular weight excluding hydrogens is 240 g/mol. The van der Waals surface area contributed by atoms with Gasteiger partial charge in [-0.3, -0.25) is 9.79 Å². The topological polar surface area (TPSA) is 73.9 Å². The summed E-state index contributed by atoms with van der Waals surface area (Å²) < 4.78 is 0. The molecule has 0 aliphatic carbocycles. The second-order valence-electron chi connectivity index (χ2n) is 4.27. The second kappa shape index (κ2) is 4.53. The first-order valence-electron chi connectivity index (χ1n) is 5.90. The molecule has 19 heavy (non-hydrogen) atoms. The summed E-state index contributed by atoms with van der Waals surface area (Å²) in [5.74, 6) is 0. The van der Waals surface area contributed by atoms with Crippen molar-refractivity contribution < 1.29 is 0 Å². The van der Waals surface area contributed by atoms with E-state index in [2.05, 4.69) is 20.2 Å². The molecule has 1 aromatic carbocycles. The standard InChI is InChI=1S/C14H12N4O/c1-9-6-13(14(19)18-17-9)16-8-10-7-15-12-5-3-2-4-11(10)12/h2-8,15H,1H3,(H,18,19). The highest BCUT2D eigenvalue weighted by atomic mass is 16.1. The van der Waals surface area contributed by atoms with Crippen molar-refractivity contribution in [2.45, 2.75) is 6.92 Å². The van der Waals surface area contributed by atoms with Crippen molar-refractivity contribution >= 4 is 22.8 Å². The highest BCUT2D eigenvalue weighted by Crippen LogP contribution is 2.16. The van der Waals surface area contributed by atoms with Crippen LogP contribution < -0.4 is 5.56 Å². The molecule has 2 heterocycles. The van der Waals surface area contributed by atoms with Crippen LogP contribution in [0.4, 0.5) is 5.69 Å². The number of aryl methyl sites for hydroxylation is 1. The van der Waals surface area contributed by atoms with E-state index in [1.807, 2.05) is 30.5 Å². The summed E-state index contributed by atoms with van der Waals surface area (Å²) in [6.07, 6.45) is 3.55. The maximum atomic E-state index is 11.6. The Morgan fingerprint density at radius 2 is 2.16 bits per heavy atom. The molecule has 0 fully saturated rings. The van der Waals surface area contributed by atoms with Crippen molar-refractivity contribution in [3.8, 4) is 0 Å². The molecule has 0 amide bonds.